The maximum absolute atomic E-state index is 5.77. The van der Waals surface area contributed by atoms with Crippen LogP contribution >= 0.6 is 0 Å². The molecule has 0 saturated heterocycles. The average molecular weight is 220 g/mol. The van der Waals surface area contributed by atoms with Crippen LogP contribution in [0, 0.1) is 5.41 Å². The third-order valence-corrected chi connectivity index (χ3v) is 3.12. The summed E-state index contributed by atoms with van der Waals surface area (Å²) in [7, 11) is 0. The third-order valence-electron chi connectivity index (χ3n) is 3.12. The summed E-state index contributed by atoms with van der Waals surface area (Å²) in [5.74, 6) is 2.50. The van der Waals surface area contributed by atoms with Crippen molar-refractivity contribution in [3.63, 3.8) is 0 Å². The Morgan fingerprint density at radius 1 is 1.44 bits per heavy atom. The molecule has 1 aliphatic carbocycles. The number of nitrogen functional groups attached to an aromatic ring is 1. The van der Waals surface area contributed by atoms with Crippen LogP contribution in [0.3, 0.4) is 0 Å². The predicted octanol–water partition coefficient (Wildman–Crippen LogP) is 2.39. The molecule has 1 aromatic heterocycles. The molecule has 1 fully saturated rings. The number of hydrogen-bond donors (Lipinski definition) is 2. The summed E-state index contributed by atoms with van der Waals surface area (Å²) in [6.07, 6.45) is 1.19. The number of nitrogens with one attached hydrogen (secondary N) is 1. The van der Waals surface area contributed by atoms with E-state index in [2.05, 4.69) is 43.0 Å². The van der Waals surface area contributed by atoms with Crippen LogP contribution < -0.4 is 11.1 Å². The average Bonchev–Trinajstić information content (AvgIpc) is 2.72. The Morgan fingerprint density at radius 3 is 2.56 bits per heavy atom. The van der Waals surface area contributed by atoms with Crippen molar-refractivity contribution >= 4 is 11.6 Å². The molecule has 1 heterocycles. The molecule has 0 aliphatic heterocycles. The molecule has 1 aliphatic rings. The molecule has 0 radical (unpaired) electrons. The van der Waals surface area contributed by atoms with Crippen molar-refractivity contribution in [2.75, 3.05) is 11.1 Å². The van der Waals surface area contributed by atoms with Gasteiger partial charge in [0, 0.05) is 18.0 Å². The van der Waals surface area contributed by atoms with Gasteiger partial charge in [0.2, 0.25) is 0 Å². The van der Waals surface area contributed by atoms with E-state index >= 15 is 0 Å². The highest BCUT2D eigenvalue weighted by molar-refractivity contribution is 5.47. The molecule has 0 aromatic carbocycles. The largest absolute Gasteiger partial charge is 0.384 e. The van der Waals surface area contributed by atoms with E-state index in [1.165, 1.54) is 6.42 Å². The van der Waals surface area contributed by atoms with Crippen LogP contribution in [0.5, 0.6) is 0 Å². The summed E-state index contributed by atoms with van der Waals surface area (Å²) in [5.41, 5.74) is 6.16. The third kappa shape index (κ3) is 2.26. The summed E-state index contributed by atoms with van der Waals surface area (Å²) >= 11 is 0. The van der Waals surface area contributed by atoms with Crippen molar-refractivity contribution in [3.8, 4) is 0 Å². The standard InChI is InChI=1S/C12H20N4/c1-7(2)11-15-9(13)5-10(16-11)14-8-6-12(8,3)4/h5,7-8H,6H2,1-4H3,(H3,13,14,15,16). The van der Waals surface area contributed by atoms with Gasteiger partial charge in [-0.25, -0.2) is 9.97 Å². The Bertz CT molecular complexity index is 398. The second-order valence-corrected chi connectivity index (χ2v) is 5.58. The molecule has 2 rings (SSSR count). The second-order valence-electron chi connectivity index (χ2n) is 5.58. The van der Waals surface area contributed by atoms with Gasteiger partial charge in [-0.1, -0.05) is 27.7 Å². The lowest BCUT2D eigenvalue weighted by Gasteiger charge is -2.11. The highest BCUT2D eigenvalue weighted by atomic mass is 15.1. The minimum absolute atomic E-state index is 0.302. The van der Waals surface area contributed by atoms with E-state index in [1.54, 1.807) is 6.07 Å². The van der Waals surface area contributed by atoms with Gasteiger partial charge < -0.3 is 11.1 Å². The van der Waals surface area contributed by atoms with Gasteiger partial charge in [-0.15, -0.1) is 0 Å². The van der Waals surface area contributed by atoms with Crippen LogP contribution in [0.4, 0.5) is 11.6 Å². The van der Waals surface area contributed by atoms with E-state index in [0.29, 0.717) is 23.2 Å². The summed E-state index contributed by atoms with van der Waals surface area (Å²) in [4.78, 5) is 8.70. The van der Waals surface area contributed by atoms with Crippen LogP contribution in [-0.2, 0) is 0 Å². The number of rotatable bonds is 3. The molecule has 1 atom stereocenters. The zero-order chi connectivity index (χ0) is 11.9. The molecule has 88 valence electrons. The lowest BCUT2D eigenvalue weighted by Crippen LogP contribution is -2.12. The Morgan fingerprint density at radius 2 is 2.06 bits per heavy atom. The van der Waals surface area contributed by atoms with Crippen LogP contribution in [-0.4, -0.2) is 16.0 Å². The van der Waals surface area contributed by atoms with Crippen molar-refractivity contribution < 1.29 is 0 Å². The summed E-state index contributed by atoms with van der Waals surface area (Å²) in [5, 5.41) is 3.41. The zero-order valence-electron chi connectivity index (χ0n) is 10.4. The van der Waals surface area contributed by atoms with E-state index in [0.717, 1.165) is 11.6 Å². The number of aromatic nitrogens is 2. The normalized spacial score (nSPS) is 22.2. The van der Waals surface area contributed by atoms with Gasteiger partial charge in [0.15, 0.2) is 0 Å². The molecule has 0 bridgehead atoms. The maximum Gasteiger partial charge on any atom is 0.135 e. The fraction of sp³-hybridized carbons (Fsp3) is 0.667. The number of nitrogens with zero attached hydrogens (tertiary/aromatic N) is 2. The van der Waals surface area contributed by atoms with Crippen molar-refractivity contribution in [1.29, 1.82) is 0 Å². The first-order chi connectivity index (χ1) is 7.38. The first-order valence-electron chi connectivity index (χ1n) is 5.79. The molecule has 1 aromatic rings. The first-order valence-corrected chi connectivity index (χ1v) is 5.79. The van der Waals surface area contributed by atoms with E-state index in [1.807, 2.05) is 0 Å². The van der Waals surface area contributed by atoms with E-state index in [9.17, 15) is 0 Å². The van der Waals surface area contributed by atoms with Crippen molar-refractivity contribution in [2.45, 2.75) is 46.1 Å². The Labute approximate surface area is 96.7 Å². The van der Waals surface area contributed by atoms with Gasteiger partial charge in [-0.3, -0.25) is 0 Å². The Hall–Kier alpha value is -1.32. The van der Waals surface area contributed by atoms with Crippen molar-refractivity contribution in [2.24, 2.45) is 5.41 Å². The van der Waals surface area contributed by atoms with Crippen LogP contribution in [0.25, 0.3) is 0 Å². The highest BCUT2D eigenvalue weighted by Crippen LogP contribution is 2.46. The number of nitrogens with two attached hydrogens (primary N) is 1. The molecule has 0 amide bonds. The Balaban J connectivity index is 2.15. The van der Waals surface area contributed by atoms with Gasteiger partial charge in [0.1, 0.15) is 17.5 Å². The van der Waals surface area contributed by atoms with Gasteiger partial charge in [0.05, 0.1) is 0 Å². The zero-order valence-corrected chi connectivity index (χ0v) is 10.4. The fourth-order valence-electron chi connectivity index (χ4n) is 1.71. The SMILES string of the molecule is CC(C)c1nc(N)cc(NC2CC2(C)C)n1. The van der Waals surface area contributed by atoms with Crippen LogP contribution in [0.15, 0.2) is 6.07 Å². The van der Waals surface area contributed by atoms with Crippen LogP contribution in [0.2, 0.25) is 0 Å². The van der Waals surface area contributed by atoms with Crippen LogP contribution in [0.1, 0.15) is 45.9 Å². The van der Waals surface area contributed by atoms with Gasteiger partial charge in [-0.05, 0) is 11.8 Å². The van der Waals surface area contributed by atoms with E-state index in [-0.39, 0.29) is 0 Å². The molecule has 1 unspecified atom stereocenters. The van der Waals surface area contributed by atoms with Gasteiger partial charge in [-0.2, -0.15) is 0 Å². The molecular weight excluding hydrogens is 200 g/mol. The molecule has 4 heteroatoms. The fourth-order valence-corrected chi connectivity index (χ4v) is 1.71. The van der Waals surface area contributed by atoms with E-state index < -0.39 is 0 Å². The predicted molar refractivity (Wildman–Crippen MR) is 66.3 cm³/mol. The van der Waals surface area contributed by atoms with Gasteiger partial charge in [0.25, 0.3) is 0 Å². The smallest absolute Gasteiger partial charge is 0.135 e. The maximum atomic E-state index is 5.77. The lowest BCUT2D eigenvalue weighted by molar-refractivity contribution is 0.629. The van der Waals surface area contributed by atoms with E-state index in [4.69, 9.17) is 5.73 Å². The molecule has 16 heavy (non-hydrogen) atoms. The first kappa shape index (κ1) is 11.2. The lowest BCUT2D eigenvalue weighted by atomic mass is 10.2. The minimum Gasteiger partial charge on any atom is -0.384 e. The summed E-state index contributed by atoms with van der Waals surface area (Å²) < 4.78 is 0. The highest BCUT2D eigenvalue weighted by Gasteiger charge is 2.45. The summed E-state index contributed by atoms with van der Waals surface area (Å²) in [6, 6.07) is 2.32. The molecule has 1 saturated carbocycles. The minimum atomic E-state index is 0.302. The molecule has 0 spiro atoms. The van der Waals surface area contributed by atoms with Crippen molar-refractivity contribution in [1.82, 2.24) is 9.97 Å². The van der Waals surface area contributed by atoms with Crippen molar-refractivity contribution in [3.05, 3.63) is 11.9 Å². The number of hydrogen-bond acceptors (Lipinski definition) is 4. The topological polar surface area (TPSA) is 63.8 Å². The molecule has 3 N–H and O–H groups in total. The monoisotopic (exact) mass is 220 g/mol. The number of anilines is 2. The quantitative estimate of drug-likeness (QED) is 0.821. The van der Waals surface area contributed by atoms with Gasteiger partial charge >= 0.3 is 0 Å². The molecule has 4 nitrogen and oxygen atoms in total. The Kier molecular flexibility index (Phi) is 2.52. The molecular formula is C12H20N4. The summed E-state index contributed by atoms with van der Waals surface area (Å²) in [6.45, 7) is 8.64. The second kappa shape index (κ2) is 3.61.